The maximum atomic E-state index is 12.3. The van der Waals surface area contributed by atoms with E-state index >= 15 is 0 Å². The van der Waals surface area contributed by atoms with Crippen LogP contribution in [0.3, 0.4) is 0 Å². The number of esters is 2. The summed E-state index contributed by atoms with van der Waals surface area (Å²) < 4.78 is 26.1. The maximum absolute atomic E-state index is 12.3. The highest BCUT2D eigenvalue weighted by Gasteiger charge is 2.22. The normalized spacial score (nSPS) is 13.9. The Kier molecular flexibility index (Phi) is 28.1. The number of carbonyl (C=O) groups is 2. The number of ether oxygens (including phenoxy) is 2. The van der Waals surface area contributed by atoms with E-state index in [1.165, 1.54) is 19.3 Å². The van der Waals surface area contributed by atoms with Gasteiger partial charge in [0.1, 0.15) is 6.61 Å². The monoisotopic (exact) mass is 656 g/mol. The molecule has 0 aromatic heterocycles. The number of aliphatic hydroxyl groups excluding tert-OH is 1. The molecule has 0 saturated heterocycles. The summed E-state index contributed by atoms with van der Waals surface area (Å²) >= 11 is 0. The van der Waals surface area contributed by atoms with Crippen LogP contribution in [-0.2, 0) is 28.2 Å². The van der Waals surface area contributed by atoms with Crippen LogP contribution in [0, 0.1) is 5.92 Å². The Morgan fingerprint density at radius 3 is 2.04 bits per heavy atom. The molecule has 0 unspecified atom stereocenters. The van der Waals surface area contributed by atoms with Gasteiger partial charge in [-0.25, -0.2) is 4.57 Å². The van der Waals surface area contributed by atoms with Crippen molar-refractivity contribution in [2.24, 2.45) is 5.92 Å². The van der Waals surface area contributed by atoms with Crippen molar-refractivity contribution in [3.63, 3.8) is 0 Å². The molecule has 0 bridgehead atoms. The Labute approximate surface area is 272 Å². The Hall–Kier alpha value is -2.03. The second-order valence-corrected chi connectivity index (χ2v) is 13.1. The number of unbranched alkanes of at least 4 members (excludes halogenated alkanes) is 8. The fourth-order valence-corrected chi connectivity index (χ4v) is 4.67. The highest BCUT2D eigenvalue weighted by Crippen LogP contribution is 2.35. The summed E-state index contributed by atoms with van der Waals surface area (Å²) in [5, 5.41) is 9.84. The molecule has 0 aliphatic heterocycles. The minimum absolute atomic E-state index is 0.114. The van der Waals surface area contributed by atoms with E-state index in [9.17, 15) is 19.3 Å². The molecule has 0 aromatic rings. The van der Waals surface area contributed by atoms with Gasteiger partial charge in [-0.15, -0.1) is 0 Å². The SMILES string of the molecule is CCCCC[C@H](O)/C=C/C=C\C/C=C\C/C=C\CCCC(=O)O[C@H](COC(=O)CCCCCCCCC(C)C)COP(=O)(O)O. The Morgan fingerprint density at radius 1 is 0.733 bits per heavy atom. The van der Waals surface area contributed by atoms with Crippen LogP contribution in [0.1, 0.15) is 130 Å². The van der Waals surface area contributed by atoms with Crippen molar-refractivity contribution >= 4 is 19.8 Å². The number of phosphoric acid groups is 1. The third-order valence-corrected chi connectivity index (χ3v) is 7.37. The molecule has 45 heavy (non-hydrogen) atoms. The van der Waals surface area contributed by atoms with Crippen LogP contribution >= 0.6 is 7.82 Å². The smallest absolute Gasteiger partial charge is 0.462 e. The molecule has 0 saturated carbocycles. The van der Waals surface area contributed by atoms with Crippen molar-refractivity contribution < 1.29 is 43.0 Å². The molecule has 0 aliphatic rings. The molecule has 0 rings (SSSR count). The van der Waals surface area contributed by atoms with Gasteiger partial charge in [-0.05, 0) is 44.4 Å². The van der Waals surface area contributed by atoms with E-state index in [1.54, 1.807) is 0 Å². The zero-order valence-corrected chi connectivity index (χ0v) is 28.9. The molecule has 0 aromatic carbocycles. The number of hydrogen-bond acceptors (Lipinski definition) is 7. The van der Waals surface area contributed by atoms with E-state index < -0.39 is 32.5 Å². The van der Waals surface area contributed by atoms with Crippen molar-refractivity contribution in [2.75, 3.05) is 13.2 Å². The first-order valence-electron chi connectivity index (χ1n) is 16.9. The van der Waals surface area contributed by atoms with Crippen LogP contribution in [-0.4, -0.2) is 52.3 Å². The lowest BCUT2D eigenvalue weighted by atomic mass is 10.0. The Balaban J connectivity index is 4.20. The topological polar surface area (TPSA) is 140 Å². The lowest BCUT2D eigenvalue weighted by Crippen LogP contribution is -2.29. The Morgan fingerprint density at radius 2 is 1.36 bits per heavy atom. The van der Waals surface area contributed by atoms with Gasteiger partial charge in [-0.3, -0.25) is 14.1 Å². The van der Waals surface area contributed by atoms with Gasteiger partial charge in [0.05, 0.1) is 12.7 Å². The molecule has 0 spiro atoms. The van der Waals surface area contributed by atoms with Gasteiger partial charge in [0.2, 0.25) is 0 Å². The van der Waals surface area contributed by atoms with Gasteiger partial charge in [-0.1, -0.05) is 127 Å². The minimum Gasteiger partial charge on any atom is -0.462 e. The van der Waals surface area contributed by atoms with Gasteiger partial charge >= 0.3 is 19.8 Å². The molecule has 3 N–H and O–H groups in total. The summed E-state index contributed by atoms with van der Waals surface area (Å²) in [5.41, 5.74) is 0. The number of aliphatic hydroxyl groups is 1. The van der Waals surface area contributed by atoms with Gasteiger partial charge in [0.15, 0.2) is 6.10 Å². The van der Waals surface area contributed by atoms with Gasteiger partial charge in [0.25, 0.3) is 0 Å². The largest absolute Gasteiger partial charge is 0.469 e. The predicted octanol–water partition coefficient (Wildman–Crippen LogP) is 8.44. The number of rotatable bonds is 29. The summed E-state index contributed by atoms with van der Waals surface area (Å²) in [6.45, 7) is 5.70. The lowest BCUT2D eigenvalue weighted by molar-refractivity contribution is -0.161. The molecule has 10 heteroatoms. The molecular weight excluding hydrogens is 595 g/mol. The average Bonchev–Trinajstić information content (AvgIpc) is 2.97. The standard InChI is InChI=1S/C35H61O9P/c1-4-5-19-25-32(36)26-21-16-11-9-7-6-8-10-12-18-23-28-35(38)44-33(30-43-45(39,40)41)29-42-34(37)27-22-17-14-13-15-20-24-31(2)3/h6-7,10-12,16,21,26,31-33,36H,4-5,8-9,13-15,17-20,22-25,27-30H2,1-3H3,(H2,39,40,41)/b7-6-,12-10-,16-11-,26-21+/t32-,33+/m0/s1. The first kappa shape index (κ1) is 43.0. The van der Waals surface area contributed by atoms with E-state index in [-0.39, 0.29) is 25.6 Å². The van der Waals surface area contributed by atoms with Crippen molar-refractivity contribution in [1.29, 1.82) is 0 Å². The minimum atomic E-state index is -4.77. The summed E-state index contributed by atoms with van der Waals surface area (Å²) in [5.74, 6) is -0.261. The summed E-state index contributed by atoms with van der Waals surface area (Å²) in [6.07, 6.45) is 29.1. The van der Waals surface area contributed by atoms with Crippen LogP contribution in [0.25, 0.3) is 0 Å². The second kappa shape index (κ2) is 29.4. The fraction of sp³-hybridized carbons (Fsp3) is 0.714. The van der Waals surface area contributed by atoms with Crippen LogP contribution in [0.4, 0.5) is 0 Å². The lowest BCUT2D eigenvalue weighted by Gasteiger charge is -2.18. The van der Waals surface area contributed by atoms with Crippen molar-refractivity contribution in [3.8, 4) is 0 Å². The van der Waals surface area contributed by atoms with Crippen LogP contribution in [0.5, 0.6) is 0 Å². The molecule has 0 aliphatic carbocycles. The quantitative estimate of drug-likeness (QED) is 0.0238. The van der Waals surface area contributed by atoms with Crippen LogP contribution in [0.15, 0.2) is 48.6 Å². The first-order valence-corrected chi connectivity index (χ1v) is 18.4. The predicted molar refractivity (Wildman–Crippen MR) is 180 cm³/mol. The number of allylic oxidation sites excluding steroid dienone is 7. The highest BCUT2D eigenvalue weighted by atomic mass is 31.2. The van der Waals surface area contributed by atoms with Gasteiger partial charge < -0.3 is 24.4 Å². The zero-order chi connectivity index (χ0) is 33.6. The van der Waals surface area contributed by atoms with E-state index in [1.807, 2.05) is 36.5 Å². The van der Waals surface area contributed by atoms with Crippen LogP contribution < -0.4 is 0 Å². The molecule has 0 heterocycles. The molecule has 0 radical (unpaired) electrons. The van der Waals surface area contributed by atoms with Crippen molar-refractivity contribution in [3.05, 3.63) is 48.6 Å². The summed E-state index contributed by atoms with van der Waals surface area (Å²) in [7, 11) is -4.77. The third-order valence-electron chi connectivity index (χ3n) is 6.88. The van der Waals surface area contributed by atoms with E-state index in [2.05, 4.69) is 37.4 Å². The zero-order valence-electron chi connectivity index (χ0n) is 28.0. The van der Waals surface area contributed by atoms with E-state index in [0.717, 1.165) is 63.7 Å². The summed E-state index contributed by atoms with van der Waals surface area (Å²) in [6, 6.07) is 0. The van der Waals surface area contributed by atoms with Crippen molar-refractivity contribution in [2.45, 2.75) is 142 Å². The summed E-state index contributed by atoms with van der Waals surface area (Å²) in [4.78, 5) is 42.4. The Bertz CT molecular complexity index is 905. The average molecular weight is 657 g/mol. The molecule has 0 fully saturated rings. The molecule has 0 amide bonds. The molecule has 2 atom stereocenters. The maximum Gasteiger partial charge on any atom is 0.469 e. The molecule has 9 nitrogen and oxygen atoms in total. The van der Waals surface area contributed by atoms with Crippen LogP contribution in [0.2, 0.25) is 0 Å². The highest BCUT2D eigenvalue weighted by molar-refractivity contribution is 7.46. The number of carbonyl (C=O) groups excluding carboxylic acids is 2. The second-order valence-electron chi connectivity index (χ2n) is 11.8. The van der Waals surface area contributed by atoms with E-state index in [4.69, 9.17) is 19.3 Å². The fourth-order valence-electron chi connectivity index (χ4n) is 4.31. The number of phosphoric ester groups is 1. The van der Waals surface area contributed by atoms with Gasteiger partial charge in [0, 0.05) is 12.8 Å². The van der Waals surface area contributed by atoms with E-state index in [0.29, 0.717) is 19.3 Å². The van der Waals surface area contributed by atoms with Crippen molar-refractivity contribution in [1.82, 2.24) is 0 Å². The molecule has 260 valence electrons. The number of hydrogen-bond donors (Lipinski definition) is 3. The van der Waals surface area contributed by atoms with Gasteiger partial charge in [-0.2, -0.15) is 0 Å². The molecular formula is C35H61O9P. The first-order chi connectivity index (χ1) is 21.5. The third kappa shape index (κ3) is 33.2.